The summed E-state index contributed by atoms with van der Waals surface area (Å²) < 4.78 is 0. The zero-order chi connectivity index (χ0) is 30.2. The highest BCUT2D eigenvalue weighted by molar-refractivity contribution is 4.83. The molecule has 0 spiro atoms. The van der Waals surface area contributed by atoms with Crippen LogP contribution in [-0.4, -0.2) is 46.2 Å². The third-order valence-corrected chi connectivity index (χ3v) is 8.53. The molecule has 5 nitrogen and oxygen atoms in total. The molecule has 1 atom stereocenters. The second kappa shape index (κ2) is 31.7. The summed E-state index contributed by atoms with van der Waals surface area (Å²) in [6.07, 6.45) is 34.2. The van der Waals surface area contributed by atoms with Gasteiger partial charge in [-0.25, -0.2) is 0 Å². The molecule has 0 aromatic heterocycles. The van der Waals surface area contributed by atoms with Crippen LogP contribution in [0.3, 0.4) is 0 Å². The second-order valence-electron chi connectivity index (χ2n) is 12.9. The van der Waals surface area contributed by atoms with Gasteiger partial charge in [0, 0.05) is 5.54 Å². The molecule has 0 aromatic carbocycles. The Kier molecular flexibility index (Phi) is 33.3. The monoisotopic (exact) mass is 573 g/mol. The Bertz CT molecular complexity index is 474. The van der Waals surface area contributed by atoms with Gasteiger partial charge in [0.15, 0.2) is 0 Å². The molecular formula is C35H76N2O3. The lowest BCUT2D eigenvalue weighted by molar-refractivity contribution is 0.112. The molecule has 0 aliphatic heterocycles. The van der Waals surface area contributed by atoms with Crippen molar-refractivity contribution < 1.29 is 15.3 Å². The normalized spacial score (nSPS) is 13.2. The average molecular weight is 573 g/mol. The Morgan fingerprint density at radius 3 is 0.800 bits per heavy atom. The molecule has 0 radical (unpaired) electrons. The third kappa shape index (κ3) is 29.3. The summed E-state index contributed by atoms with van der Waals surface area (Å²) in [4.78, 5) is 0. The van der Waals surface area contributed by atoms with E-state index in [0.29, 0.717) is 0 Å². The summed E-state index contributed by atoms with van der Waals surface area (Å²) in [7, 11) is 0. The minimum absolute atomic E-state index is 0.123. The largest absolute Gasteiger partial charge is 0.394 e. The Morgan fingerprint density at radius 1 is 0.325 bits per heavy atom. The number of aliphatic hydroxyl groups is 3. The van der Waals surface area contributed by atoms with Crippen LogP contribution in [0.2, 0.25) is 0 Å². The van der Waals surface area contributed by atoms with Gasteiger partial charge >= 0.3 is 0 Å². The molecule has 0 fully saturated rings. The van der Waals surface area contributed by atoms with Crippen LogP contribution in [0.25, 0.3) is 0 Å². The lowest BCUT2D eigenvalue weighted by Crippen LogP contribution is -2.47. The summed E-state index contributed by atoms with van der Waals surface area (Å²) >= 11 is 0. The van der Waals surface area contributed by atoms with Crippen LogP contribution in [0.1, 0.15) is 194 Å². The second-order valence-corrected chi connectivity index (χ2v) is 12.9. The highest BCUT2D eigenvalue weighted by atomic mass is 16.3. The van der Waals surface area contributed by atoms with Gasteiger partial charge in [-0.3, -0.25) is 0 Å². The Balaban J connectivity index is 0. The summed E-state index contributed by atoms with van der Waals surface area (Å²) in [5, 5.41) is 27.6. The Hall–Kier alpha value is -0.200. The summed E-state index contributed by atoms with van der Waals surface area (Å²) in [6.45, 7) is 6.61. The zero-order valence-electron chi connectivity index (χ0n) is 27.7. The topological polar surface area (TPSA) is 113 Å². The molecule has 1 unspecified atom stereocenters. The minimum atomic E-state index is -0.767. The lowest BCUT2D eigenvalue weighted by Gasteiger charge is -2.27. The smallest absolute Gasteiger partial charge is 0.0633 e. The van der Waals surface area contributed by atoms with Gasteiger partial charge in [-0.1, -0.05) is 175 Å². The van der Waals surface area contributed by atoms with Crippen LogP contribution in [0.5, 0.6) is 0 Å². The standard InChI is InChI=1S/C20H43NO2.C15H33NO/c1-2-3-4-5-6-7-8-9-10-11-12-13-14-15-16-17-20(21,18-22)19-23;1-3-5-7-8-9-11-13-15(16,14-17)12-10-6-4-2/h22-23H,2-19,21H2,1H3;17H,3-14,16H2,1-2H3. The van der Waals surface area contributed by atoms with Gasteiger partial charge in [0.25, 0.3) is 0 Å². The van der Waals surface area contributed by atoms with E-state index in [1.54, 1.807) is 0 Å². The van der Waals surface area contributed by atoms with Gasteiger partial charge in [-0.2, -0.15) is 0 Å². The van der Waals surface area contributed by atoms with Gasteiger partial charge in [-0.15, -0.1) is 0 Å². The van der Waals surface area contributed by atoms with Crippen LogP contribution in [0.4, 0.5) is 0 Å². The van der Waals surface area contributed by atoms with Crippen molar-refractivity contribution in [3.05, 3.63) is 0 Å². The number of hydrogen-bond acceptors (Lipinski definition) is 5. The van der Waals surface area contributed by atoms with Gasteiger partial charge in [0.05, 0.1) is 25.4 Å². The van der Waals surface area contributed by atoms with Crippen molar-refractivity contribution in [1.82, 2.24) is 0 Å². The fourth-order valence-electron chi connectivity index (χ4n) is 5.32. The van der Waals surface area contributed by atoms with E-state index in [9.17, 15) is 5.11 Å². The van der Waals surface area contributed by atoms with E-state index in [-0.39, 0.29) is 25.4 Å². The lowest BCUT2D eigenvalue weighted by atomic mass is 9.88. The fourth-order valence-corrected chi connectivity index (χ4v) is 5.32. The van der Waals surface area contributed by atoms with Crippen LogP contribution in [0.15, 0.2) is 0 Å². The van der Waals surface area contributed by atoms with E-state index in [2.05, 4.69) is 20.8 Å². The van der Waals surface area contributed by atoms with E-state index in [0.717, 1.165) is 38.5 Å². The van der Waals surface area contributed by atoms with E-state index >= 15 is 0 Å². The van der Waals surface area contributed by atoms with Gasteiger partial charge in [0.2, 0.25) is 0 Å². The maximum Gasteiger partial charge on any atom is 0.0633 e. The predicted molar refractivity (Wildman–Crippen MR) is 177 cm³/mol. The van der Waals surface area contributed by atoms with E-state index in [4.69, 9.17) is 21.7 Å². The molecule has 0 bridgehead atoms. The van der Waals surface area contributed by atoms with Crippen molar-refractivity contribution in [3.8, 4) is 0 Å². The van der Waals surface area contributed by atoms with Crippen LogP contribution < -0.4 is 11.5 Å². The van der Waals surface area contributed by atoms with Crippen molar-refractivity contribution in [2.75, 3.05) is 19.8 Å². The number of aliphatic hydroxyl groups excluding tert-OH is 3. The number of nitrogens with two attached hydrogens (primary N) is 2. The molecule has 244 valence electrons. The minimum Gasteiger partial charge on any atom is -0.394 e. The molecule has 0 aliphatic rings. The molecule has 0 rings (SSSR count). The van der Waals surface area contributed by atoms with E-state index in [1.165, 1.54) is 135 Å². The first-order valence-corrected chi connectivity index (χ1v) is 17.8. The van der Waals surface area contributed by atoms with Crippen LogP contribution in [-0.2, 0) is 0 Å². The fraction of sp³-hybridized carbons (Fsp3) is 1.00. The molecule has 0 saturated heterocycles. The first-order chi connectivity index (χ1) is 19.4. The van der Waals surface area contributed by atoms with E-state index in [1.807, 2.05) is 0 Å². The highest BCUT2D eigenvalue weighted by Crippen LogP contribution is 2.20. The quantitative estimate of drug-likeness (QED) is 0.0551. The molecule has 0 aliphatic carbocycles. The zero-order valence-corrected chi connectivity index (χ0v) is 27.7. The summed E-state index contributed by atoms with van der Waals surface area (Å²) in [5.41, 5.74) is 11.0. The van der Waals surface area contributed by atoms with Crippen molar-refractivity contribution >= 4 is 0 Å². The number of rotatable bonds is 30. The third-order valence-electron chi connectivity index (χ3n) is 8.53. The number of hydrogen-bond donors (Lipinski definition) is 5. The molecule has 0 heterocycles. The molecule has 5 heteroatoms. The predicted octanol–water partition coefficient (Wildman–Crippen LogP) is 8.94. The average Bonchev–Trinajstić information content (AvgIpc) is 2.97. The molecule has 0 saturated carbocycles. The van der Waals surface area contributed by atoms with Gasteiger partial charge < -0.3 is 26.8 Å². The van der Waals surface area contributed by atoms with E-state index < -0.39 is 5.54 Å². The Morgan fingerprint density at radius 2 is 0.525 bits per heavy atom. The number of unbranched alkanes of at least 4 members (excludes halogenated alkanes) is 21. The van der Waals surface area contributed by atoms with Gasteiger partial charge in [-0.05, 0) is 19.3 Å². The van der Waals surface area contributed by atoms with Crippen molar-refractivity contribution in [2.45, 2.75) is 205 Å². The van der Waals surface area contributed by atoms with Crippen molar-refractivity contribution in [3.63, 3.8) is 0 Å². The first kappa shape index (κ1) is 41.9. The molecule has 0 aromatic rings. The first-order valence-electron chi connectivity index (χ1n) is 17.8. The maximum absolute atomic E-state index is 9.40. The summed E-state index contributed by atoms with van der Waals surface area (Å²) in [6, 6.07) is 0. The van der Waals surface area contributed by atoms with Gasteiger partial charge in [0.1, 0.15) is 0 Å². The molecule has 0 amide bonds. The SMILES string of the molecule is CCCCCCCCC(N)(CO)CCCCC.CCCCCCCCCCCCCCCCCC(N)(CO)CO. The van der Waals surface area contributed by atoms with Crippen molar-refractivity contribution in [2.24, 2.45) is 11.5 Å². The highest BCUT2D eigenvalue weighted by Gasteiger charge is 2.23. The molecular weight excluding hydrogens is 496 g/mol. The van der Waals surface area contributed by atoms with Crippen molar-refractivity contribution in [1.29, 1.82) is 0 Å². The Labute approximate surface area is 251 Å². The summed E-state index contributed by atoms with van der Waals surface area (Å²) in [5.74, 6) is 0. The molecule has 40 heavy (non-hydrogen) atoms. The van der Waals surface area contributed by atoms with Crippen LogP contribution in [0, 0.1) is 0 Å². The van der Waals surface area contributed by atoms with Crippen LogP contribution >= 0.6 is 0 Å². The molecule has 7 N–H and O–H groups in total. The maximum atomic E-state index is 9.40.